The smallest absolute Gasteiger partial charge is 0.223 e. The van der Waals surface area contributed by atoms with Gasteiger partial charge in [0.1, 0.15) is 0 Å². The van der Waals surface area contributed by atoms with E-state index in [0.717, 1.165) is 51.5 Å². The SMILES string of the molecule is CCNC(=NCC1CC(=O)N(CCc2ccccc2)C1)NCCCn1cccn1.I. The van der Waals surface area contributed by atoms with E-state index in [4.69, 9.17) is 4.99 Å². The molecule has 0 saturated carbocycles. The molecule has 1 atom stereocenters. The molecule has 3 rings (SSSR count). The van der Waals surface area contributed by atoms with Crippen molar-refractivity contribution >= 4 is 35.8 Å². The average Bonchev–Trinajstić information content (AvgIpc) is 3.38. The maximum Gasteiger partial charge on any atom is 0.223 e. The third kappa shape index (κ3) is 7.97. The van der Waals surface area contributed by atoms with Crippen LogP contribution in [-0.4, -0.2) is 59.3 Å². The lowest BCUT2D eigenvalue weighted by molar-refractivity contribution is -0.127. The summed E-state index contributed by atoms with van der Waals surface area (Å²) in [4.78, 5) is 19.0. The van der Waals surface area contributed by atoms with Crippen LogP contribution < -0.4 is 10.6 Å². The number of amides is 1. The monoisotopic (exact) mass is 524 g/mol. The van der Waals surface area contributed by atoms with E-state index in [-0.39, 0.29) is 35.8 Å². The molecule has 2 heterocycles. The zero-order chi connectivity index (χ0) is 20.3. The summed E-state index contributed by atoms with van der Waals surface area (Å²) in [6.07, 6.45) is 6.24. The molecule has 164 valence electrons. The average molecular weight is 524 g/mol. The Labute approximate surface area is 196 Å². The number of nitrogens with one attached hydrogen (secondary N) is 2. The molecule has 0 bridgehead atoms. The number of aromatic nitrogens is 2. The van der Waals surface area contributed by atoms with Crippen LogP contribution in [0.15, 0.2) is 53.8 Å². The fraction of sp³-hybridized carbons (Fsp3) is 0.500. The van der Waals surface area contributed by atoms with Crippen molar-refractivity contribution in [2.45, 2.75) is 32.7 Å². The van der Waals surface area contributed by atoms with Gasteiger partial charge in [0.15, 0.2) is 5.96 Å². The quantitative estimate of drug-likeness (QED) is 0.217. The van der Waals surface area contributed by atoms with Gasteiger partial charge in [-0.2, -0.15) is 5.10 Å². The second-order valence-corrected chi connectivity index (χ2v) is 7.41. The maximum atomic E-state index is 12.3. The Hall–Kier alpha value is -2.10. The van der Waals surface area contributed by atoms with E-state index in [0.29, 0.717) is 13.0 Å². The number of aryl methyl sites for hydroxylation is 1. The Balaban J connectivity index is 0.00000320. The summed E-state index contributed by atoms with van der Waals surface area (Å²) >= 11 is 0. The zero-order valence-electron chi connectivity index (χ0n) is 17.7. The van der Waals surface area contributed by atoms with E-state index in [9.17, 15) is 4.79 Å². The van der Waals surface area contributed by atoms with Crippen LogP contribution in [0.25, 0.3) is 0 Å². The predicted octanol–water partition coefficient (Wildman–Crippen LogP) is 2.54. The molecule has 0 spiro atoms. The Morgan fingerprint density at radius 1 is 1.20 bits per heavy atom. The van der Waals surface area contributed by atoms with Gasteiger partial charge in [-0.05, 0) is 31.4 Å². The number of rotatable bonds is 10. The third-order valence-corrected chi connectivity index (χ3v) is 5.08. The fourth-order valence-corrected chi connectivity index (χ4v) is 3.54. The number of hydrogen-bond acceptors (Lipinski definition) is 3. The zero-order valence-corrected chi connectivity index (χ0v) is 20.0. The van der Waals surface area contributed by atoms with E-state index < -0.39 is 0 Å². The van der Waals surface area contributed by atoms with Gasteiger partial charge in [0.05, 0.1) is 0 Å². The highest BCUT2D eigenvalue weighted by Crippen LogP contribution is 2.18. The Bertz CT molecular complexity index is 765. The van der Waals surface area contributed by atoms with E-state index in [1.807, 2.05) is 40.0 Å². The lowest BCUT2D eigenvalue weighted by Gasteiger charge is -2.16. The van der Waals surface area contributed by atoms with Crippen LogP contribution in [0.1, 0.15) is 25.3 Å². The Morgan fingerprint density at radius 3 is 2.77 bits per heavy atom. The first-order valence-electron chi connectivity index (χ1n) is 10.6. The first kappa shape index (κ1) is 24.2. The molecule has 0 radical (unpaired) electrons. The molecule has 1 saturated heterocycles. The van der Waals surface area contributed by atoms with Crippen molar-refractivity contribution in [1.82, 2.24) is 25.3 Å². The minimum absolute atomic E-state index is 0. The number of carbonyl (C=O) groups excluding carboxylic acids is 1. The summed E-state index contributed by atoms with van der Waals surface area (Å²) < 4.78 is 1.93. The van der Waals surface area contributed by atoms with E-state index >= 15 is 0 Å². The molecule has 30 heavy (non-hydrogen) atoms. The number of guanidine groups is 1. The van der Waals surface area contributed by atoms with Gasteiger partial charge in [0.2, 0.25) is 5.91 Å². The summed E-state index contributed by atoms with van der Waals surface area (Å²) in [6.45, 7) is 6.85. The van der Waals surface area contributed by atoms with Crippen LogP contribution in [0, 0.1) is 5.92 Å². The highest BCUT2D eigenvalue weighted by molar-refractivity contribution is 14.0. The molecule has 1 aliphatic heterocycles. The van der Waals surface area contributed by atoms with Gasteiger partial charge in [-0.25, -0.2) is 0 Å². The van der Waals surface area contributed by atoms with Gasteiger partial charge in [0, 0.05) is 64.0 Å². The molecule has 8 heteroatoms. The molecule has 1 unspecified atom stereocenters. The summed E-state index contributed by atoms with van der Waals surface area (Å²) in [7, 11) is 0. The van der Waals surface area contributed by atoms with Crippen LogP contribution in [0.3, 0.4) is 0 Å². The Morgan fingerprint density at radius 2 is 2.03 bits per heavy atom. The van der Waals surface area contributed by atoms with Crippen molar-refractivity contribution in [3.8, 4) is 0 Å². The fourth-order valence-electron chi connectivity index (χ4n) is 3.54. The minimum atomic E-state index is 0. The first-order chi connectivity index (χ1) is 14.2. The number of nitrogens with zero attached hydrogens (tertiary/aromatic N) is 4. The first-order valence-corrected chi connectivity index (χ1v) is 10.6. The highest BCUT2D eigenvalue weighted by Gasteiger charge is 2.28. The number of benzene rings is 1. The normalized spacial score (nSPS) is 16.4. The molecule has 7 nitrogen and oxygen atoms in total. The Kier molecular flexibility index (Phi) is 10.7. The molecule has 1 aromatic carbocycles. The highest BCUT2D eigenvalue weighted by atomic mass is 127. The molecular weight excluding hydrogens is 491 g/mol. The van der Waals surface area contributed by atoms with Gasteiger partial charge in [0.25, 0.3) is 0 Å². The standard InChI is InChI=1S/C22H32N6O.HI/c1-2-23-22(24-11-6-13-28-14-7-12-26-28)25-17-20-16-21(29)27(18-20)15-10-19-8-4-3-5-9-19;/h3-5,7-9,12,14,20H,2,6,10-11,13,15-18H2,1H3,(H2,23,24,25);1H. The van der Waals surface area contributed by atoms with Crippen molar-refractivity contribution in [3.63, 3.8) is 0 Å². The van der Waals surface area contributed by atoms with Crippen molar-refractivity contribution < 1.29 is 4.79 Å². The van der Waals surface area contributed by atoms with Crippen LogP contribution in [0.4, 0.5) is 0 Å². The maximum absolute atomic E-state index is 12.3. The number of carbonyl (C=O) groups is 1. The number of aliphatic imine (C=N–C) groups is 1. The summed E-state index contributed by atoms with van der Waals surface area (Å²) in [5, 5.41) is 10.9. The number of likely N-dealkylation sites (tertiary alicyclic amines) is 1. The van der Waals surface area contributed by atoms with Gasteiger partial charge < -0.3 is 15.5 Å². The predicted molar refractivity (Wildman–Crippen MR) is 131 cm³/mol. The second-order valence-electron chi connectivity index (χ2n) is 7.41. The third-order valence-electron chi connectivity index (χ3n) is 5.08. The van der Waals surface area contributed by atoms with Gasteiger partial charge >= 0.3 is 0 Å². The molecule has 1 aliphatic rings. The van der Waals surface area contributed by atoms with Crippen LogP contribution in [0.5, 0.6) is 0 Å². The molecular formula is C22H33IN6O. The molecule has 1 aromatic heterocycles. The largest absolute Gasteiger partial charge is 0.357 e. The minimum Gasteiger partial charge on any atom is -0.357 e. The van der Waals surface area contributed by atoms with Crippen LogP contribution in [-0.2, 0) is 17.8 Å². The van der Waals surface area contributed by atoms with Crippen molar-refractivity contribution in [2.75, 3.05) is 32.7 Å². The van der Waals surface area contributed by atoms with Gasteiger partial charge in [-0.3, -0.25) is 14.5 Å². The second kappa shape index (κ2) is 13.3. The number of halogens is 1. The summed E-state index contributed by atoms with van der Waals surface area (Å²) in [5.74, 6) is 1.36. The van der Waals surface area contributed by atoms with E-state index in [1.54, 1.807) is 6.20 Å². The number of hydrogen-bond donors (Lipinski definition) is 2. The molecule has 2 N–H and O–H groups in total. The lowest BCUT2D eigenvalue weighted by atomic mass is 10.1. The van der Waals surface area contributed by atoms with Crippen molar-refractivity contribution in [3.05, 3.63) is 54.4 Å². The van der Waals surface area contributed by atoms with E-state index in [2.05, 4.69) is 34.8 Å². The van der Waals surface area contributed by atoms with Crippen molar-refractivity contribution in [1.29, 1.82) is 0 Å². The van der Waals surface area contributed by atoms with Gasteiger partial charge in [-0.15, -0.1) is 24.0 Å². The van der Waals surface area contributed by atoms with Crippen LogP contribution >= 0.6 is 24.0 Å². The topological polar surface area (TPSA) is 74.6 Å². The summed E-state index contributed by atoms with van der Waals surface area (Å²) in [6, 6.07) is 12.3. The lowest BCUT2D eigenvalue weighted by Crippen LogP contribution is -2.38. The molecule has 0 aliphatic carbocycles. The van der Waals surface area contributed by atoms with E-state index in [1.165, 1.54) is 5.56 Å². The summed E-state index contributed by atoms with van der Waals surface area (Å²) in [5.41, 5.74) is 1.27. The van der Waals surface area contributed by atoms with Crippen molar-refractivity contribution in [2.24, 2.45) is 10.9 Å². The van der Waals surface area contributed by atoms with Gasteiger partial charge in [-0.1, -0.05) is 30.3 Å². The molecule has 1 amide bonds. The molecule has 1 fully saturated rings. The van der Waals surface area contributed by atoms with Crippen LogP contribution in [0.2, 0.25) is 0 Å². The molecule has 2 aromatic rings.